The molecule has 1 aromatic heterocycles. The molecule has 0 amide bonds. The summed E-state index contributed by atoms with van der Waals surface area (Å²) in [4.78, 5) is 2.33. The van der Waals surface area contributed by atoms with Crippen molar-refractivity contribution < 1.29 is 0 Å². The molecule has 0 radical (unpaired) electrons. The number of aryl methyl sites for hydroxylation is 1. The zero-order valence-electron chi connectivity index (χ0n) is 12.3. The van der Waals surface area contributed by atoms with Crippen LogP contribution in [0.1, 0.15) is 29.2 Å². The van der Waals surface area contributed by atoms with E-state index in [2.05, 4.69) is 53.7 Å². The van der Waals surface area contributed by atoms with Gasteiger partial charge < -0.3 is 5.32 Å². The van der Waals surface area contributed by atoms with Gasteiger partial charge in [0.05, 0.1) is 6.20 Å². The highest BCUT2D eigenvalue weighted by molar-refractivity contribution is 5.34. The standard InChI is InChI=1S/C16H22N4/c1-3-20-12-14(7-18-20)11-19(2)10-13-4-5-15-8-17-9-16(15)6-13/h4-7,12,17H,3,8-11H2,1-2H3. The minimum atomic E-state index is 0.932. The number of nitrogens with zero attached hydrogens (tertiary/aromatic N) is 3. The molecular weight excluding hydrogens is 248 g/mol. The molecule has 106 valence electrons. The second-order valence-electron chi connectivity index (χ2n) is 5.58. The van der Waals surface area contributed by atoms with Crippen molar-refractivity contribution in [3.05, 3.63) is 52.8 Å². The highest BCUT2D eigenvalue weighted by atomic mass is 15.3. The summed E-state index contributed by atoms with van der Waals surface area (Å²) in [6.45, 7) is 6.98. The minimum absolute atomic E-state index is 0.932. The molecule has 0 saturated heterocycles. The van der Waals surface area contributed by atoms with E-state index in [1.54, 1.807) is 0 Å². The van der Waals surface area contributed by atoms with Gasteiger partial charge in [-0.05, 0) is 30.7 Å². The largest absolute Gasteiger partial charge is 0.309 e. The molecule has 4 nitrogen and oxygen atoms in total. The molecular formula is C16H22N4. The third kappa shape index (κ3) is 2.92. The number of aromatic nitrogens is 2. The molecule has 0 fully saturated rings. The van der Waals surface area contributed by atoms with Crippen molar-refractivity contribution in [3.8, 4) is 0 Å². The van der Waals surface area contributed by atoms with Crippen LogP contribution in [0.4, 0.5) is 0 Å². The van der Waals surface area contributed by atoms with Gasteiger partial charge in [0, 0.05) is 44.5 Å². The molecule has 0 spiro atoms. The molecule has 1 N–H and O–H groups in total. The smallest absolute Gasteiger partial charge is 0.0534 e. The summed E-state index contributed by atoms with van der Waals surface area (Å²) in [5.41, 5.74) is 5.56. The van der Waals surface area contributed by atoms with Crippen LogP contribution < -0.4 is 5.32 Å². The Labute approximate surface area is 120 Å². The molecule has 1 aliphatic rings. The molecule has 0 unspecified atom stereocenters. The van der Waals surface area contributed by atoms with Crippen molar-refractivity contribution in [2.75, 3.05) is 7.05 Å². The molecule has 1 aromatic carbocycles. The molecule has 0 aliphatic carbocycles. The summed E-state index contributed by atoms with van der Waals surface area (Å²) in [7, 11) is 2.16. The van der Waals surface area contributed by atoms with Crippen LogP contribution in [0, 0.1) is 0 Å². The van der Waals surface area contributed by atoms with Crippen molar-refractivity contribution in [1.29, 1.82) is 0 Å². The van der Waals surface area contributed by atoms with E-state index in [-0.39, 0.29) is 0 Å². The fraction of sp³-hybridized carbons (Fsp3) is 0.438. The lowest BCUT2D eigenvalue weighted by Gasteiger charge is -2.16. The summed E-state index contributed by atoms with van der Waals surface area (Å²) in [5.74, 6) is 0. The van der Waals surface area contributed by atoms with Crippen LogP contribution in [-0.4, -0.2) is 21.7 Å². The number of hydrogen-bond donors (Lipinski definition) is 1. The fourth-order valence-electron chi connectivity index (χ4n) is 2.79. The van der Waals surface area contributed by atoms with Gasteiger partial charge in [0.15, 0.2) is 0 Å². The zero-order chi connectivity index (χ0) is 13.9. The molecule has 2 aromatic rings. The van der Waals surface area contributed by atoms with E-state index in [0.717, 1.165) is 32.7 Å². The van der Waals surface area contributed by atoms with E-state index in [1.807, 2.05) is 10.9 Å². The second-order valence-corrected chi connectivity index (χ2v) is 5.58. The molecule has 1 aliphatic heterocycles. The Hall–Kier alpha value is -1.65. The van der Waals surface area contributed by atoms with Gasteiger partial charge in [-0.3, -0.25) is 9.58 Å². The summed E-state index contributed by atoms with van der Waals surface area (Å²) in [6.07, 6.45) is 4.09. The van der Waals surface area contributed by atoms with Gasteiger partial charge in [-0.1, -0.05) is 18.2 Å². The highest BCUT2D eigenvalue weighted by Gasteiger charge is 2.11. The van der Waals surface area contributed by atoms with Crippen molar-refractivity contribution in [3.63, 3.8) is 0 Å². The number of fused-ring (bicyclic) bond motifs is 1. The van der Waals surface area contributed by atoms with E-state index in [4.69, 9.17) is 0 Å². The van der Waals surface area contributed by atoms with Crippen LogP contribution in [0.2, 0.25) is 0 Å². The van der Waals surface area contributed by atoms with Gasteiger partial charge in [0.1, 0.15) is 0 Å². The Kier molecular flexibility index (Phi) is 3.85. The monoisotopic (exact) mass is 270 g/mol. The number of rotatable bonds is 5. The molecule has 0 atom stereocenters. The Morgan fingerprint density at radius 2 is 2.00 bits per heavy atom. The van der Waals surface area contributed by atoms with Crippen molar-refractivity contribution >= 4 is 0 Å². The van der Waals surface area contributed by atoms with Crippen molar-refractivity contribution in [2.45, 2.75) is 39.6 Å². The van der Waals surface area contributed by atoms with Crippen molar-refractivity contribution in [2.24, 2.45) is 0 Å². The maximum Gasteiger partial charge on any atom is 0.0534 e. The lowest BCUT2D eigenvalue weighted by atomic mass is 10.1. The van der Waals surface area contributed by atoms with Gasteiger partial charge in [-0.25, -0.2) is 0 Å². The number of nitrogens with one attached hydrogen (secondary N) is 1. The molecule has 2 heterocycles. The zero-order valence-corrected chi connectivity index (χ0v) is 12.3. The lowest BCUT2D eigenvalue weighted by Crippen LogP contribution is -2.17. The van der Waals surface area contributed by atoms with Crippen LogP contribution >= 0.6 is 0 Å². The van der Waals surface area contributed by atoms with Crippen LogP contribution in [0.15, 0.2) is 30.6 Å². The first-order valence-corrected chi connectivity index (χ1v) is 7.26. The van der Waals surface area contributed by atoms with Crippen LogP contribution in [0.5, 0.6) is 0 Å². The molecule has 3 rings (SSSR count). The predicted molar refractivity (Wildman–Crippen MR) is 80.1 cm³/mol. The number of benzene rings is 1. The Balaban J connectivity index is 1.62. The van der Waals surface area contributed by atoms with Gasteiger partial charge in [-0.2, -0.15) is 5.10 Å². The highest BCUT2D eigenvalue weighted by Crippen LogP contribution is 2.18. The van der Waals surface area contributed by atoms with Crippen LogP contribution in [0.25, 0.3) is 0 Å². The average Bonchev–Trinajstić information content (AvgIpc) is 3.06. The third-order valence-corrected chi connectivity index (χ3v) is 3.82. The summed E-state index contributed by atoms with van der Waals surface area (Å²) < 4.78 is 1.98. The molecule has 0 saturated carbocycles. The lowest BCUT2D eigenvalue weighted by molar-refractivity contribution is 0.319. The Morgan fingerprint density at radius 1 is 1.20 bits per heavy atom. The van der Waals surface area contributed by atoms with Gasteiger partial charge in [-0.15, -0.1) is 0 Å². The SMILES string of the molecule is CCn1cc(CN(C)Cc2ccc3c(c2)CNC3)cn1. The maximum absolute atomic E-state index is 4.32. The minimum Gasteiger partial charge on any atom is -0.309 e. The summed E-state index contributed by atoms with van der Waals surface area (Å²) in [6, 6.07) is 6.84. The Bertz CT molecular complexity index is 588. The predicted octanol–water partition coefficient (Wildman–Crippen LogP) is 2.14. The third-order valence-electron chi connectivity index (χ3n) is 3.82. The molecule has 4 heteroatoms. The van der Waals surface area contributed by atoms with Gasteiger partial charge in [0.25, 0.3) is 0 Å². The first-order chi connectivity index (χ1) is 9.74. The van der Waals surface area contributed by atoms with Gasteiger partial charge in [0.2, 0.25) is 0 Å². The quantitative estimate of drug-likeness (QED) is 0.903. The van der Waals surface area contributed by atoms with E-state index in [0.29, 0.717) is 0 Å². The van der Waals surface area contributed by atoms with Crippen LogP contribution in [-0.2, 0) is 32.7 Å². The van der Waals surface area contributed by atoms with Crippen molar-refractivity contribution in [1.82, 2.24) is 20.0 Å². The number of hydrogen-bond acceptors (Lipinski definition) is 3. The maximum atomic E-state index is 4.32. The fourth-order valence-corrected chi connectivity index (χ4v) is 2.79. The first kappa shape index (κ1) is 13.3. The van der Waals surface area contributed by atoms with Gasteiger partial charge >= 0.3 is 0 Å². The van der Waals surface area contributed by atoms with E-state index >= 15 is 0 Å². The summed E-state index contributed by atoms with van der Waals surface area (Å²) in [5, 5.41) is 7.72. The molecule has 0 bridgehead atoms. The Morgan fingerprint density at radius 3 is 2.80 bits per heavy atom. The van der Waals surface area contributed by atoms with E-state index in [1.165, 1.54) is 22.3 Å². The normalized spacial score (nSPS) is 13.9. The average molecular weight is 270 g/mol. The topological polar surface area (TPSA) is 33.1 Å². The van der Waals surface area contributed by atoms with Crippen LogP contribution in [0.3, 0.4) is 0 Å². The first-order valence-electron chi connectivity index (χ1n) is 7.26. The summed E-state index contributed by atoms with van der Waals surface area (Å²) >= 11 is 0. The molecule has 20 heavy (non-hydrogen) atoms. The second kappa shape index (κ2) is 5.77. The van der Waals surface area contributed by atoms with E-state index in [9.17, 15) is 0 Å². The van der Waals surface area contributed by atoms with E-state index < -0.39 is 0 Å².